The van der Waals surface area contributed by atoms with Crippen molar-refractivity contribution in [2.75, 3.05) is 12.4 Å². The largest absolute Gasteiger partial charge is 0.493 e. The van der Waals surface area contributed by atoms with Gasteiger partial charge < -0.3 is 9.47 Å². The van der Waals surface area contributed by atoms with Gasteiger partial charge in [0.1, 0.15) is 0 Å². The van der Waals surface area contributed by atoms with Crippen molar-refractivity contribution in [3.63, 3.8) is 0 Å². The highest BCUT2D eigenvalue weighted by Crippen LogP contribution is 2.29. The number of allylic oxidation sites excluding steroid dienone is 1. The van der Waals surface area contributed by atoms with Crippen LogP contribution in [-0.4, -0.2) is 18.5 Å². The van der Waals surface area contributed by atoms with Gasteiger partial charge in [-0.05, 0) is 38.5 Å². The number of benzene rings is 1. The van der Waals surface area contributed by atoms with Crippen LogP contribution in [0.2, 0.25) is 0 Å². The normalized spacial score (nSPS) is 11.8. The second kappa shape index (κ2) is 6.70. The van der Waals surface area contributed by atoms with E-state index in [2.05, 4.69) is 28.9 Å². The van der Waals surface area contributed by atoms with Crippen LogP contribution >= 0.6 is 15.9 Å². The molecule has 0 aromatic heterocycles. The van der Waals surface area contributed by atoms with Crippen LogP contribution in [0.25, 0.3) is 6.08 Å². The molecule has 0 aliphatic heterocycles. The monoisotopic (exact) mass is 298 g/mol. The topological polar surface area (TPSA) is 18.5 Å². The van der Waals surface area contributed by atoms with Gasteiger partial charge in [0.05, 0.1) is 13.2 Å². The first-order valence-electron chi connectivity index (χ1n) is 5.64. The van der Waals surface area contributed by atoms with E-state index >= 15 is 0 Å². The van der Waals surface area contributed by atoms with E-state index in [1.807, 2.05) is 32.0 Å². The van der Waals surface area contributed by atoms with Crippen molar-refractivity contribution in [1.29, 1.82) is 0 Å². The SMILES string of the molecule is COc1cc(C=C(C)CBr)ccc1OC(C)C. The van der Waals surface area contributed by atoms with Gasteiger partial charge in [0.25, 0.3) is 0 Å². The van der Waals surface area contributed by atoms with Crippen LogP contribution in [0, 0.1) is 0 Å². The van der Waals surface area contributed by atoms with Crippen molar-refractivity contribution in [1.82, 2.24) is 0 Å². The quantitative estimate of drug-likeness (QED) is 0.755. The van der Waals surface area contributed by atoms with Crippen molar-refractivity contribution in [3.05, 3.63) is 29.3 Å². The third kappa shape index (κ3) is 4.43. The summed E-state index contributed by atoms with van der Waals surface area (Å²) in [6.45, 7) is 6.09. The van der Waals surface area contributed by atoms with Crippen LogP contribution in [0.4, 0.5) is 0 Å². The predicted molar refractivity (Wildman–Crippen MR) is 76.2 cm³/mol. The van der Waals surface area contributed by atoms with Crippen LogP contribution in [0.5, 0.6) is 11.5 Å². The van der Waals surface area contributed by atoms with Gasteiger partial charge in [0.15, 0.2) is 11.5 Å². The zero-order valence-electron chi connectivity index (χ0n) is 10.8. The van der Waals surface area contributed by atoms with Gasteiger partial charge in [0.2, 0.25) is 0 Å². The Morgan fingerprint density at radius 3 is 2.59 bits per heavy atom. The van der Waals surface area contributed by atoms with Gasteiger partial charge in [-0.15, -0.1) is 0 Å². The molecule has 0 N–H and O–H groups in total. The first-order valence-corrected chi connectivity index (χ1v) is 6.76. The van der Waals surface area contributed by atoms with Crippen LogP contribution in [0.1, 0.15) is 26.3 Å². The van der Waals surface area contributed by atoms with Crippen molar-refractivity contribution < 1.29 is 9.47 Å². The molecule has 1 aromatic carbocycles. The first-order chi connectivity index (χ1) is 8.06. The number of hydrogen-bond acceptors (Lipinski definition) is 2. The van der Waals surface area contributed by atoms with Gasteiger partial charge in [-0.1, -0.05) is 33.6 Å². The van der Waals surface area contributed by atoms with E-state index in [-0.39, 0.29) is 6.10 Å². The molecular formula is C14H19BrO2. The van der Waals surface area contributed by atoms with E-state index in [0.717, 1.165) is 22.4 Å². The molecule has 94 valence electrons. The molecule has 17 heavy (non-hydrogen) atoms. The molecule has 0 saturated heterocycles. The zero-order valence-corrected chi connectivity index (χ0v) is 12.4. The molecule has 0 unspecified atom stereocenters. The second-order valence-corrected chi connectivity index (χ2v) is 4.76. The molecule has 0 spiro atoms. The zero-order chi connectivity index (χ0) is 12.8. The highest BCUT2D eigenvalue weighted by molar-refractivity contribution is 9.09. The minimum atomic E-state index is 0.148. The summed E-state index contributed by atoms with van der Waals surface area (Å²) in [5, 5.41) is 0.875. The van der Waals surface area contributed by atoms with Crippen LogP contribution in [-0.2, 0) is 0 Å². The Hall–Kier alpha value is -0.960. The average Bonchev–Trinajstić information content (AvgIpc) is 2.30. The average molecular weight is 299 g/mol. The lowest BCUT2D eigenvalue weighted by Crippen LogP contribution is -2.06. The molecule has 2 nitrogen and oxygen atoms in total. The van der Waals surface area contributed by atoms with E-state index in [9.17, 15) is 0 Å². The number of hydrogen-bond donors (Lipinski definition) is 0. The van der Waals surface area contributed by atoms with Gasteiger partial charge in [0, 0.05) is 5.33 Å². The summed E-state index contributed by atoms with van der Waals surface area (Å²) < 4.78 is 11.0. The Morgan fingerprint density at radius 1 is 1.35 bits per heavy atom. The molecule has 1 aromatic rings. The van der Waals surface area contributed by atoms with Crippen LogP contribution in [0.15, 0.2) is 23.8 Å². The molecule has 0 heterocycles. The van der Waals surface area contributed by atoms with Gasteiger partial charge >= 0.3 is 0 Å². The summed E-state index contributed by atoms with van der Waals surface area (Å²) in [4.78, 5) is 0. The Kier molecular flexibility index (Phi) is 5.56. The summed E-state index contributed by atoms with van der Waals surface area (Å²) in [5.41, 5.74) is 2.39. The minimum absolute atomic E-state index is 0.148. The molecule has 3 heteroatoms. The van der Waals surface area contributed by atoms with E-state index in [1.165, 1.54) is 5.57 Å². The Bertz CT molecular complexity index is 397. The van der Waals surface area contributed by atoms with E-state index < -0.39 is 0 Å². The first kappa shape index (κ1) is 14.1. The lowest BCUT2D eigenvalue weighted by molar-refractivity contribution is 0.230. The fourth-order valence-electron chi connectivity index (χ4n) is 1.45. The fourth-order valence-corrected chi connectivity index (χ4v) is 1.61. The Morgan fingerprint density at radius 2 is 2.06 bits per heavy atom. The summed E-state index contributed by atoms with van der Waals surface area (Å²) in [7, 11) is 1.66. The fraction of sp³-hybridized carbons (Fsp3) is 0.429. The van der Waals surface area contributed by atoms with E-state index in [4.69, 9.17) is 9.47 Å². The highest BCUT2D eigenvalue weighted by atomic mass is 79.9. The molecule has 0 fully saturated rings. The van der Waals surface area contributed by atoms with Crippen LogP contribution in [0.3, 0.4) is 0 Å². The minimum Gasteiger partial charge on any atom is -0.493 e. The maximum Gasteiger partial charge on any atom is 0.161 e. The molecule has 0 bridgehead atoms. The molecule has 0 radical (unpaired) electrons. The highest BCUT2D eigenvalue weighted by Gasteiger charge is 2.06. The van der Waals surface area contributed by atoms with Crippen molar-refractivity contribution in [3.8, 4) is 11.5 Å². The van der Waals surface area contributed by atoms with Crippen molar-refractivity contribution >= 4 is 22.0 Å². The van der Waals surface area contributed by atoms with E-state index in [1.54, 1.807) is 7.11 Å². The van der Waals surface area contributed by atoms with Gasteiger partial charge in [-0.3, -0.25) is 0 Å². The molecular weight excluding hydrogens is 280 g/mol. The van der Waals surface area contributed by atoms with Crippen molar-refractivity contribution in [2.45, 2.75) is 26.9 Å². The summed E-state index contributed by atoms with van der Waals surface area (Å²) in [6, 6.07) is 5.97. The smallest absolute Gasteiger partial charge is 0.161 e. The molecule has 0 aliphatic rings. The van der Waals surface area contributed by atoms with E-state index in [0.29, 0.717) is 0 Å². The molecule has 0 amide bonds. The maximum atomic E-state index is 5.67. The third-order valence-electron chi connectivity index (χ3n) is 2.17. The van der Waals surface area contributed by atoms with Crippen LogP contribution < -0.4 is 9.47 Å². The Balaban J connectivity index is 3.00. The lowest BCUT2D eigenvalue weighted by atomic mass is 10.1. The standard InChI is InChI=1S/C14H19BrO2/c1-10(2)17-13-6-5-12(7-11(3)9-15)8-14(13)16-4/h5-8,10H,9H2,1-4H3. The maximum absolute atomic E-state index is 5.67. The number of alkyl halides is 1. The molecule has 1 rings (SSSR count). The number of ether oxygens (including phenoxy) is 2. The van der Waals surface area contributed by atoms with Gasteiger partial charge in [-0.2, -0.15) is 0 Å². The molecule has 0 atom stereocenters. The lowest BCUT2D eigenvalue weighted by Gasteiger charge is -2.13. The summed E-state index contributed by atoms with van der Waals surface area (Å²) >= 11 is 3.43. The van der Waals surface area contributed by atoms with Crippen molar-refractivity contribution in [2.24, 2.45) is 0 Å². The summed E-state index contributed by atoms with van der Waals surface area (Å²) in [6.07, 6.45) is 2.27. The number of halogens is 1. The van der Waals surface area contributed by atoms with Gasteiger partial charge in [-0.25, -0.2) is 0 Å². The summed E-state index contributed by atoms with van der Waals surface area (Å²) in [5.74, 6) is 1.56. The second-order valence-electron chi connectivity index (χ2n) is 4.20. The number of rotatable bonds is 5. The predicted octanol–water partition coefficient (Wildman–Crippen LogP) is 4.28. The number of methoxy groups -OCH3 is 1. The third-order valence-corrected chi connectivity index (χ3v) is 3.06. The Labute approximate surface area is 112 Å². The molecule has 0 aliphatic carbocycles. The molecule has 0 saturated carbocycles.